The highest BCUT2D eigenvalue weighted by Crippen LogP contribution is 2.29. The number of fused-ring (bicyclic) bond motifs is 1. The lowest BCUT2D eigenvalue weighted by molar-refractivity contribution is -0.114. The van der Waals surface area contributed by atoms with E-state index in [1.54, 1.807) is 6.20 Å². The van der Waals surface area contributed by atoms with Gasteiger partial charge in [-0.1, -0.05) is 36.4 Å². The molecule has 0 unspecified atom stereocenters. The molecule has 2 aromatic carbocycles. The zero-order valence-corrected chi connectivity index (χ0v) is 14.3. The lowest BCUT2D eigenvalue weighted by Crippen LogP contribution is -2.05. The summed E-state index contributed by atoms with van der Waals surface area (Å²) in [5, 5.41) is 7.14. The highest BCUT2D eigenvalue weighted by Gasteiger charge is 2.09. The molecule has 3 N–H and O–H groups in total. The average molecular weight is 342 g/mol. The van der Waals surface area contributed by atoms with E-state index in [0.29, 0.717) is 0 Å². The van der Waals surface area contributed by atoms with Crippen molar-refractivity contribution in [3.63, 3.8) is 0 Å². The summed E-state index contributed by atoms with van der Waals surface area (Å²) in [5.41, 5.74) is 4.79. The van der Waals surface area contributed by atoms with Gasteiger partial charge in [-0.25, -0.2) is 4.98 Å². The van der Waals surface area contributed by atoms with Gasteiger partial charge < -0.3 is 15.6 Å². The second-order valence-electron chi connectivity index (χ2n) is 6.06. The van der Waals surface area contributed by atoms with Crippen LogP contribution in [0.3, 0.4) is 0 Å². The van der Waals surface area contributed by atoms with Gasteiger partial charge in [0.15, 0.2) is 0 Å². The fourth-order valence-corrected chi connectivity index (χ4v) is 2.94. The number of nitrogens with one attached hydrogen (secondary N) is 3. The number of aromatic nitrogens is 2. The third kappa shape index (κ3) is 3.28. The van der Waals surface area contributed by atoms with Crippen LogP contribution in [0, 0.1) is 0 Å². The summed E-state index contributed by atoms with van der Waals surface area (Å²) >= 11 is 0. The molecule has 4 aromatic rings. The number of rotatable bonds is 4. The van der Waals surface area contributed by atoms with Crippen molar-refractivity contribution in [1.29, 1.82) is 0 Å². The number of aromatic amines is 1. The first kappa shape index (κ1) is 15.9. The Kier molecular flexibility index (Phi) is 4.11. The van der Waals surface area contributed by atoms with Crippen LogP contribution in [0.2, 0.25) is 0 Å². The molecule has 0 aliphatic heterocycles. The topological polar surface area (TPSA) is 69.8 Å². The van der Waals surface area contributed by atoms with Crippen LogP contribution in [0.4, 0.5) is 17.2 Å². The third-order valence-electron chi connectivity index (χ3n) is 4.08. The van der Waals surface area contributed by atoms with Gasteiger partial charge in [-0.15, -0.1) is 0 Å². The number of hydrogen-bond acceptors (Lipinski definition) is 3. The minimum atomic E-state index is -0.0967. The second-order valence-corrected chi connectivity index (χ2v) is 6.06. The first-order chi connectivity index (χ1) is 12.7. The predicted molar refractivity (Wildman–Crippen MR) is 106 cm³/mol. The number of benzene rings is 2. The molecule has 0 atom stereocenters. The maximum absolute atomic E-state index is 11.2. The predicted octanol–water partition coefficient (Wildman–Crippen LogP) is 4.93. The summed E-state index contributed by atoms with van der Waals surface area (Å²) in [6, 6.07) is 21.8. The highest BCUT2D eigenvalue weighted by atomic mass is 16.1. The van der Waals surface area contributed by atoms with Gasteiger partial charge in [-0.2, -0.15) is 0 Å². The number of carbonyl (C=O) groups is 1. The number of carbonyl (C=O) groups excluding carboxylic acids is 1. The van der Waals surface area contributed by atoms with Crippen LogP contribution >= 0.6 is 0 Å². The van der Waals surface area contributed by atoms with E-state index in [9.17, 15) is 4.79 Å². The van der Waals surface area contributed by atoms with Crippen molar-refractivity contribution in [3.05, 3.63) is 72.9 Å². The normalized spacial score (nSPS) is 10.7. The standard InChI is InChI=1S/C21H18N4O/c1-14(26)23-16-8-5-9-17(12-16)24-21-18-13-20(15-6-3-2-4-7-15)25-19(18)10-11-22-21/h2-13,25H,1H3,(H,22,24)(H,23,26). The van der Waals surface area contributed by atoms with E-state index in [4.69, 9.17) is 0 Å². The smallest absolute Gasteiger partial charge is 0.221 e. The molecule has 0 saturated heterocycles. The van der Waals surface area contributed by atoms with E-state index < -0.39 is 0 Å². The van der Waals surface area contributed by atoms with Crippen LogP contribution in [0.15, 0.2) is 72.9 Å². The van der Waals surface area contributed by atoms with Crippen molar-refractivity contribution in [1.82, 2.24) is 9.97 Å². The Hall–Kier alpha value is -3.60. The van der Waals surface area contributed by atoms with Crippen LogP contribution in [-0.4, -0.2) is 15.9 Å². The zero-order chi connectivity index (χ0) is 17.9. The second kappa shape index (κ2) is 6.72. The van der Waals surface area contributed by atoms with Gasteiger partial charge in [0.1, 0.15) is 5.82 Å². The van der Waals surface area contributed by atoms with Crippen molar-refractivity contribution in [2.75, 3.05) is 10.6 Å². The summed E-state index contributed by atoms with van der Waals surface area (Å²) in [5.74, 6) is 0.668. The molecule has 128 valence electrons. The fourth-order valence-electron chi connectivity index (χ4n) is 2.94. The lowest BCUT2D eigenvalue weighted by Gasteiger charge is -2.09. The van der Waals surface area contributed by atoms with Crippen LogP contribution in [0.5, 0.6) is 0 Å². The number of anilines is 3. The SMILES string of the molecule is CC(=O)Nc1cccc(Nc2nccc3[nH]c(-c4ccccc4)cc23)c1. The molecule has 0 fully saturated rings. The number of nitrogens with zero attached hydrogens (tertiary/aromatic N) is 1. The Morgan fingerprint density at radius 2 is 1.77 bits per heavy atom. The molecular formula is C21H18N4O. The van der Waals surface area contributed by atoms with Crippen LogP contribution in [0.25, 0.3) is 22.2 Å². The van der Waals surface area contributed by atoms with E-state index in [2.05, 4.69) is 38.8 Å². The fraction of sp³-hybridized carbons (Fsp3) is 0.0476. The van der Waals surface area contributed by atoms with Gasteiger partial charge in [0.05, 0.1) is 5.52 Å². The van der Waals surface area contributed by atoms with Gasteiger partial charge in [0.25, 0.3) is 0 Å². The third-order valence-corrected chi connectivity index (χ3v) is 4.08. The molecule has 4 rings (SSSR count). The van der Waals surface area contributed by atoms with Crippen LogP contribution in [0.1, 0.15) is 6.92 Å². The summed E-state index contributed by atoms with van der Waals surface area (Å²) in [6.07, 6.45) is 1.77. The molecule has 0 aliphatic rings. The Balaban J connectivity index is 1.69. The summed E-state index contributed by atoms with van der Waals surface area (Å²) < 4.78 is 0. The number of amides is 1. The Morgan fingerprint density at radius 3 is 2.58 bits per heavy atom. The molecule has 5 heteroatoms. The van der Waals surface area contributed by atoms with Crippen molar-refractivity contribution < 1.29 is 4.79 Å². The zero-order valence-electron chi connectivity index (χ0n) is 14.3. The van der Waals surface area contributed by atoms with Crippen molar-refractivity contribution >= 4 is 34.0 Å². The first-order valence-electron chi connectivity index (χ1n) is 8.37. The number of hydrogen-bond donors (Lipinski definition) is 3. The molecule has 2 heterocycles. The molecule has 0 saturated carbocycles. The molecule has 1 amide bonds. The lowest BCUT2D eigenvalue weighted by atomic mass is 10.1. The molecule has 2 aromatic heterocycles. The van der Waals surface area contributed by atoms with E-state index in [1.165, 1.54) is 6.92 Å². The minimum Gasteiger partial charge on any atom is -0.354 e. The Morgan fingerprint density at radius 1 is 0.962 bits per heavy atom. The summed E-state index contributed by atoms with van der Waals surface area (Å²) in [7, 11) is 0. The maximum Gasteiger partial charge on any atom is 0.221 e. The summed E-state index contributed by atoms with van der Waals surface area (Å²) in [6.45, 7) is 1.49. The molecule has 26 heavy (non-hydrogen) atoms. The van der Waals surface area contributed by atoms with Crippen LogP contribution in [-0.2, 0) is 4.79 Å². The van der Waals surface area contributed by atoms with Crippen molar-refractivity contribution in [2.24, 2.45) is 0 Å². The summed E-state index contributed by atoms with van der Waals surface area (Å²) in [4.78, 5) is 19.2. The quantitative estimate of drug-likeness (QED) is 0.492. The Bertz CT molecular complexity index is 1070. The maximum atomic E-state index is 11.2. The molecular weight excluding hydrogens is 324 g/mol. The highest BCUT2D eigenvalue weighted by molar-refractivity contribution is 5.95. The molecule has 0 spiro atoms. The Labute approximate surface area is 151 Å². The van der Waals surface area contributed by atoms with Gasteiger partial charge >= 0.3 is 0 Å². The van der Waals surface area contributed by atoms with E-state index in [-0.39, 0.29) is 5.91 Å². The monoisotopic (exact) mass is 342 g/mol. The van der Waals surface area contributed by atoms with Crippen LogP contribution < -0.4 is 10.6 Å². The van der Waals surface area contributed by atoms with E-state index in [0.717, 1.165) is 39.4 Å². The van der Waals surface area contributed by atoms with E-state index in [1.807, 2.05) is 48.5 Å². The molecule has 0 bridgehead atoms. The molecule has 5 nitrogen and oxygen atoms in total. The van der Waals surface area contributed by atoms with Crippen molar-refractivity contribution in [3.8, 4) is 11.3 Å². The first-order valence-corrected chi connectivity index (χ1v) is 8.37. The van der Waals surface area contributed by atoms with Gasteiger partial charge in [0, 0.05) is 35.6 Å². The van der Waals surface area contributed by atoms with E-state index >= 15 is 0 Å². The minimum absolute atomic E-state index is 0.0967. The van der Waals surface area contributed by atoms with Gasteiger partial charge in [0.2, 0.25) is 5.91 Å². The van der Waals surface area contributed by atoms with Gasteiger partial charge in [-0.05, 0) is 35.9 Å². The van der Waals surface area contributed by atoms with Crippen molar-refractivity contribution in [2.45, 2.75) is 6.92 Å². The average Bonchev–Trinajstić information content (AvgIpc) is 3.08. The molecule has 0 radical (unpaired) electrons. The number of pyridine rings is 1. The number of H-pyrrole nitrogens is 1. The van der Waals surface area contributed by atoms with Gasteiger partial charge in [-0.3, -0.25) is 4.79 Å². The molecule has 0 aliphatic carbocycles. The largest absolute Gasteiger partial charge is 0.354 e.